The molecular formula is C14H24N4O4S2. The van der Waals surface area contributed by atoms with E-state index in [-0.39, 0.29) is 16.5 Å². The van der Waals surface area contributed by atoms with E-state index >= 15 is 0 Å². The van der Waals surface area contributed by atoms with Crippen LogP contribution in [0.15, 0.2) is 17.2 Å². The molecule has 0 radical (unpaired) electrons. The lowest BCUT2D eigenvalue weighted by Crippen LogP contribution is -2.37. The highest BCUT2D eigenvalue weighted by atomic mass is 32.2. The van der Waals surface area contributed by atoms with Gasteiger partial charge in [-0.05, 0) is 6.07 Å². The van der Waals surface area contributed by atoms with Crippen LogP contribution in [0.2, 0.25) is 0 Å². The Morgan fingerprint density at radius 3 is 2.79 bits per heavy atom. The fourth-order valence-corrected chi connectivity index (χ4v) is 4.82. The summed E-state index contributed by atoms with van der Waals surface area (Å²) in [6.45, 7) is 3.41. The molecule has 3 N–H and O–H groups in total. The second-order valence-corrected chi connectivity index (χ2v) is 8.43. The zero-order valence-corrected chi connectivity index (χ0v) is 15.3. The van der Waals surface area contributed by atoms with Gasteiger partial charge < -0.3 is 20.4 Å². The number of amides is 1. The van der Waals surface area contributed by atoms with Crippen LogP contribution in [0.1, 0.15) is 10.5 Å². The van der Waals surface area contributed by atoms with Crippen molar-refractivity contribution in [1.82, 2.24) is 19.9 Å². The Morgan fingerprint density at radius 1 is 1.33 bits per heavy atom. The molecule has 24 heavy (non-hydrogen) atoms. The fourth-order valence-electron chi connectivity index (χ4n) is 2.25. The molecule has 1 saturated heterocycles. The number of hydrogen-bond donors (Lipinski definition) is 3. The van der Waals surface area contributed by atoms with Crippen molar-refractivity contribution in [2.45, 2.75) is 4.90 Å². The molecule has 0 saturated carbocycles. The zero-order chi connectivity index (χ0) is 17.4. The highest BCUT2D eigenvalue weighted by molar-refractivity contribution is 7.99. The number of carbonyl (C=O) groups excluding carboxylic acids is 1. The molecule has 0 bridgehead atoms. The number of aromatic nitrogens is 1. The highest BCUT2D eigenvalue weighted by Crippen LogP contribution is 2.20. The predicted molar refractivity (Wildman–Crippen MR) is 94.0 cm³/mol. The van der Waals surface area contributed by atoms with Crippen molar-refractivity contribution in [3.05, 3.63) is 18.0 Å². The van der Waals surface area contributed by atoms with E-state index in [0.717, 1.165) is 11.5 Å². The van der Waals surface area contributed by atoms with Gasteiger partial charge in [0, 0.05) is 57.5 Å². The molecule has 0 aromatic carbocycles. The van der Waals surface area contributed by atoms with Crippen molar-refractivity contribution in [2.24, 2.45) is 0 Å². The summed E-state index contributed by atoms with van der Waals surface area (Å²) in [6.07, 6.45) is 1.38. The minimum Gasteiger partial charge on any atom is -0.383 e. The smallest absolute Gasteiger partial charge is 0.267 e. The summed E-state index contributed by atoms with van der Waals surface area (Å²) >= 11 is 1.74. The van der Waals surface area contributed by atoms with E-state index in [1.54, 1.807) is 18.9 Å². The molecule has 0 atom stereocenters. The number of methoxy groups -OCH3 is 1. The van der Waals surface area contributed by atoms with Crippen LogP contribution < -0.4 is 10.6 Å². The van der Waals surface area contributed by atoms with E-state index < -0.39 is 10.0 Å². The number of nitrogens with zero attached hydrogens (tertiary/aromatic N) is 1. The molecule has 1 aliphatic rings. The number of aromatic amines is 1. The van der Waals surface area contributed by atoms with Crippen LogP contribution in [0.4, 0.5) is 0 Å². The van der Waals surface area contributed by atoms with E-state index in [0.29, 0.717) is 39.3 Å². The van der Waals surface area contributed by atoms with Gasteiger partial charge in [-0.25, -0.2) is 8.42 Å². The van der Waals surface area contributed by atoms with E-state index in [2.05, 4.69) is 15.6 Å². The number of rotatable bonds is 9. The molecule has 0 spiro atoms. The molecule has 1 aromatic heterocycles. The third kappa shape index (κ3) is 5.21. The molecule has 1 aliphatic heterocycles. The van der Waals surface area contributed by atoms with Crippen LogP contribution in [-0.4, -0.2) is 81.6 Å². The summed E-state index contributed by atoms with van der Waals surface area (Å²) in [4.78, 5) is 14.9. The number of nitrogens with one attached hydrogen (secondary N) is 3. The first-order chi connectivity index (χ1) is 11.6. The number of ether oxygens (including phenoxy) is 1. The zero-order valence-electron chi connectivity index (χ0n) is 13.7. The van der Waals surface area contributed by atoms with Gasteiger partial charge in [0.15, 0.2) is 0 Å². The molecule has 10 heteroatoms. The van der Waals surface area contributed by atoms with E-state index in [9.17, 15) is 13.2 Å². The second kappa shape index (κ2) is 9.42. The first-order valence-electron chi connectivity index (χ1n) is 7.80. The van der Waals surface area contributed by atoms with Gasteiger partial charge in [0.2, 0.25) is 10.0 Å². The molecular weight excluding hydrogens is 352 g/mol. The van der Waals surface area contributed by atoms with Crippen LogP contribution >= 0.6 is 11.8 Å². The van der Waals surface area contributed by atoms with E-state index in [1.165, 1.54) is 16.6 Å². The summed E-state index contributed by atoms with van der Waals surface area (Å²) in [5, 5.41) is 5.85. The monoisotopic (exact) mass is 376 g/mol. The maximum Gasteiger partial charge on any atom is 0.267 e. The summed E-state index contributed by atoms with van der Waals surface area (Å²) in [5.41, 5.74) is 0.247. The average molecular weight is 377 g/mol. The van der Waals surface area contributed by atoms with Crippen molar-refractivity contribution in [2.75, 3.05) is 57.9 Å². The fraction of sp³-hybridized carbons (Fsp3) is 0.643. The number of sulfonamides is 1. The van der Waals surface area contributed by atoms with Crippen LogP contribution in [0.3, 0.4) is 0 Å². The Morgan fingerprint density at radius 2 is 2.08 bits per heavy atom. The first kappa shape index (κ1) is 19.3. The summed E-state index contributed by atoms with van der Waals surface area (Å²) in [6, 6.07) is 1.39. The maximum absolute atomic E-state index is 12.5. The molecule has 1 amide bonds. The second-order valence-electron chi connectivity index (χ2n) is 5.26. The minimum absolute atomic E-state index is 0.137. The molecule has 1 fully saturated rings. The van der Waals surface area contributed by atoms with Crippen molar-refractivity contribution in [3.63, 3.8) is 0 Å². The van der Waals surface area contributed by atoms with E-state index in [1.807, 2.05) is 0 Å². The molecule has 2 rings (SSSR count). The third-order valence-electron chi connectivity index (χ3n) is 3.58. The van der Waals surface area contributed by atoms with Crippen molar-refractivity contribution >= 4 is 27.7 Å². The number of thioether (sulfide) groups is 1. The van der Waals surface area contributed by atoms with Crippen molar-refractivity contribution in [1.29, 1.82) is 0 Å². The average Bonchev–Trinajstić information content (AvgIpc) is 3.09. The largest absolute Gasteiger partial charge is 0.383 e. The van der Waals surface area contributed by atoms with Crippen LogP contribution in [0.5, 0.6) is 0 Å². The van der Waals surface area contributed by atoms with Gasteiger partial charge in [0.05, 0.1) is 6.61 Å². The van der Waals surface area contributed by atoms with Gasteiger partial charge in [-0.15, -0.1) is 0 Å². The lowest BCUT2D eigenvalue weighted by molar-refractivity contribution is 0.0949. The van der Waals surface area contributed by atoms with Crippen LogP contribution in [-0.2, 0) is 14.8 Å². The lowest BCUT2D eigenvalue weighted by Gasteiger charge is -2.24. The van der Waals surface area contributed by atoms with Crippen molar-refractivity contribution < 1.29 is 17.9 Å². The summed E-state index contributed by atoms with van der Waals surface area (Å²) in [7, 11) is -1.90. The number of carbonyl (C=O) groups is 1. The van der Waals surface area contributed by atoms with Crippen LogP contribution in [0.25, 0.3) is 0 Å². The molecule has 2 heterocycles. The number of H-pyrrole nitrogens is 1. The van der Waals surface area contributed by atoms with Gasteiger partial charge in [0.25, 0.3) is 5.91 Å². The van der Waals surface area contributed by atoms with Crippen LogP contribution in [0, 0.1) is 0 Å². The Balaban J connectivity index is 1.86. The first-order valence-corrected chi connectivity index (χ1v) is 10.4. The highest BCUT2D eigenvalue weighted by Gasteiger charge is 2.27. The van der Waals surface area contributed by atoms with Gasteiger partial charge in [-0.2, -0.15) is 16.1 Å². The standard InChI is InChI=1S/C14H24N4O4S2/c1-22-7-4-15-2-3-16-14(19)13-10-12(11-17-13)24(20,21)18-5-8-23-9-6-18/h10-11,15,17H,2-9H2,1H3,(H,16,19). The van der Waals surface area contributed by atoms with Crippen molar-refractivity contribution in [3.8, 4) is 0 Å². The Labute approximate surface area is 146 Å². The molecule has 1 aromatic rings. The maximum atomic E-state index is 12.5. The van der Waals surface area contributed by atoms with Gasteiger partial charge >= 0.3 is 0 Å². The third-order valence-corrected chi connectivity index (χ3v) is 6.40. The minimum atomic E-state index is -3.53. The summed E-state index contributed by atoms with van der Waals surface area (Å²) in [5.74, 6) is 1.28. The topological polar surface area (TPSA) is 104 Å². The molecule has 8 nitrogen and oxygen atoms in total. The van der Waals surface area contributed by atoms with E-state index in [4.69, 9.17) is 4.74 Å². The molecule has 136 valence electrons. The molecule has 0 unspecified atom stereocenters. The van der Waals surface area contributed by atoms with Gasteiger partial charge in [-0.3, -0.25) is 4.79 Å². The Hall–Kier alpha value is -1.07. The van der Waals surface area contributed by atoms with Gasteiger partial charge in [0.1, 0.15) is 10.6 Å². The SMILES string of the molecule is COCCNCCNC(=O)c1cc(S(=O)(=O)N2CCSCC2)c[nH]1. The Bertz CT molecular complexity index is 626. The summed E-state index contributed by atoms with van der Waals surface area (Å²) < 4.78 is 31.4. The Kier molecular flexibility index (Phi) is 7.56. The number of hydrogen-bond acceptors (Lipinski definition) is 6. The van der Waals surface area contributed by atoms with Gasteiger partial charge in [-0.1, -0.05) is 0 Å². The quantitative estimate of drug-likeness (QED) is 0.512. The normalized spacial score (nSPS) is 16.2. The predicted octanol–water partition coefficient (Wildman–Crippen LogP) is -0.282. The lowest BCUT2D eigenvalue weighted by atomic mass is 10.4. The molecule has 0 aliphatic carbocycles.